The van der Waals surface area contributed by atoms with Crippen LogP contribution < -0.4 is 20.3 Å². The molecule has 6 nitrogen and oxygen atoms in total. The van der Waals surface area contributed by atoms with Crippen molar-refractivity contribution in [2.75, 3.05) is 29.6 Å². The first kappa shape index (κ1) is 25.1. The van der Waals surface area contributed by atoms with Crippen LogP contribution in [-0.4, -0.2) is 20.1 Å². The van der Waals surface area contributed by atoms with E-state index < -0.39 is 11.6 Å². The summed E-state index contributed by atoms with van der Waals surface area (Å²) >= 11 is 6.88. The van der Waals surface area contributed by atoms with Gasteiger partial charge in [0.15, 0.2) is 5.60 Å². The molecule has 1 spiro atoms. The van der Waals surface area contributed by atoms with E-state index in [2.05, 4.69) is 27.7 Å². The van der Waals surface area contributed by atoms with Crippen LogP contribution in [0, 0.1) is 0 Å². The summed E-state index contributed by atoms with van der Waals surface area (Å²) in [6, 6.07) is 35.0. The minimum absolute atomic E-state index is 0.409. The average molecular weight is 560 g/mol. The molecular weight excluding hydrogens is 534 g/mol. The molecule has 0 bridgehead atoms. The van der Waals surface area contributed by atoms with Gasteiger partial charge in [0, 0.05) is 58.6 Å². The Balaban J connectivity index is 1.24. The van der Waals surface area contributed by atoms with Gasteiger partial charge in [-0.1, -0.05) is 48.0 Å². The normalized spacial score (nSPS) is 13.9. The van der Waals surface area contributed by atoms with Crippen LogP contribution in [0.4, 0.5) is 28.4 Å². The molecule has 5 aromatic rings. The lowest BCUT2D eigenvalue weighted by atomic mass is 9.77. The summed E-state index contributed by atoms with van der Waals surface area (Å²) in [5.74, 6) is 0.803. The minimum Gasteiger partial charge on any atom is -0.456 e. The highest BCUT2D eigenvalue weighted by molar-refractivity contribution is 6.32. The van der Waals surface area contributed by atoms with Crippen molar-refractivity contribution in [1.82, 2.24) is 0 Å². The number of para-hydroxylation sites is 2. The SMILES string of the molecule is CN(C)c1ccc(Nc2ccc(Nc3ccc(Cl)c4c3C(=O)OC43c4ccccc4Oc4ccccc43)cc2)cc1. The molecule has 2 N–H and O–H groups in total. The number of hydrogen-bond donors (Lipinski definition) is 2. The van der Waals surface area contributed by atoms with Gasteiger partial charge >= 0.3 is 5.97 Å². The van der Waals surface area contributed by atoms with Crippen LogP contribution in [-0.2, 0) is 10.3 Å². The predicted octanol–water partition coefficient (Wildman–Crippen LogP) is 8.46. The van der Waals surface area contributed by atoms with Gasteiger partial charge in [0.2, 0.25) is 0 Å². The number of halogens is 1. The Morgan fingerprint density at radius 1 is 0.683 bits per heavy atom. The van der Waals surface area contributed by atoms with E-state index in [9.17, 15) is 4.79 Å². The summed E-state index contributed by atoms with van der Waals surface area (Å²) in [4.78, 5) is 15.7. The fraction of sp³-hybridized carbons (Fsp3) is 0.0882. The van der Waals surface area contributed by atoms with Crippen molar-refractivity contribution in [3.8, 4) is 11.5 Å². The van der Waals surface area contributed by atoms with Gasteiger partial charge in [-0.25, -0.2) is 4.79 Å². The van der Waals surface area contributed by atoms with Crippen LogP contribution >= 0.6 is 11.6 Å². The highest BCUT2D eigenvalue weighted by Crippen LogP contribution is 2.58. The van der Waals surface area contributed by atoms with Crippen molar-refractivity contribution in [2.24, 2.45) is 0 Å². The number of esters is 1. The first-order valence-electron chi connectivity index (χ1n) is 13.3. The second-order valence-corrected chi connectivity index (χ2v) is 10.7. The predicted molar refractivity (Wildman–Crippen MR) is 163 cm³/mol. The van der Waals surface area contributed by atoms with Crippen LogP contribution in [0.15, 0.2) is 109 Å². The summed E-state index contributed by atoms with van der Waals surface area (Å²) < 4.78 is 12.5. The number of anilines is 5. The maximum atomic E-state index is 13.7. The van der Waals surface area contributed by atoms with Gasteiger partial charge in [-0.2, -0.15) is 0 Å². The third kappa shape index (κ3) is 4.07. The first-order valence-corrected chi connectivity index (χ1v) is 13.7. The van der Waals surface area contributed by atoms with E-state index in [-0.39, 0.29) is 0 Å². The Bertz CT molecular complexity index is 1750. The molecule has 2 aliphatic heterocycles. The highest BCUT2D eigenvalue weighted by atomic mass is 35.5. The van der Waals surface area contributed by atoms with Gasteiger partial charge < -0.3 is 25.0 Å². The molecule has 2 heterocycles. The molecular formula is C34H26ClN3O3. The van der Waals surface area contributed by atoms with Crippen molar-refractivity contribution in [3.05, 3.63) is 136 Å². The van der Waals surface area contributed by atoms with E-state index >= 15 is 0 Å². The molecule has 7 rings (SSSR count). The van der Waals surface area contributed by atoms with Gasteiger partial charge in [0.25, 0.3) is 0 Å². The van der Waals surface area contributed by atoms with E-state index in [4.69, 9.17) is 21.1 Å². The van der Waals surface area contributed by atoms with Crippen molar-refractivity contribution >= 4 is 46.0 Å². The van der Waals surface area contributed by atoms with E-state index in [1.54, 1.807) is 6.07 Å². The molecule has 0 amide bonds. The van der Waals surface area contributed by atoms with E-state index in [0.29, 0.717) is 33.3 Å². The molecule has 0 fully saturated rings. The Kier molecular flexibility index (Phi) is 5.87. The molecule has 0 atom stereocenters. The first-order chi connectivity index (χ1) is 19.9. The number of nitrogens with one attached hydrogen (secondary N) is 2. The topological polar surface area (TPSA) is 62.8 Å². The Hall–Kier alpha value is -4.94. The van der Waals surface area contributed by atoms with Gasteiger partial charge in [-0.15, -0.1) is 0 Å². The van der Waals surface area contributed by atoms with E-state index in [0.717, 1.165) is 33.9 Å². The summed E-state index contributed by atoms with van der Waals surface area (Å²) in [6.07, 6.45) is 0. The second kappa shape index (κ2) is 9.61. The lowest BCUT2D eigenvalue weighted by Crippen LogP contribution is -2.33. The van der Waals surface area contributed by atoms with Crippen LogP contribution in [0.25, 0.3) is 0 Å². The summed E-state index contributed by atoms with van der Waals surface area (Å²) in [5, 5.41) is 7.29. The number of rotatable bonds is 5. The van der Waals surface area contributed by atoms with Gasteiger partial charge in [-0.3, -0.25) is 0 Å². The Morgan fingerprint density at radius 3 is 1.80 bits per heavy atom. The molecule has 0 aliphatic carbocycles. The minimum atomic E-state index is -1.22. The Morgan fingerprint density at radius 2 is 1.22 bits per heavy atom. The average Bonchev–Trinajstić information content (AvgIpc) is 3.30. The maximum absolute atomic E-state index is 13.7. The summed E-state index contributed by atoms with van der Waals surface area (Å²) in [7, 11) is 4.04. The van der Waals surface area contributed by atoms with Gasteiger partial charge in [-0.05, 0) is 72.8 Å². The smallest absolute Gasteiger partial charge is 0.342 e. The lowest BCUT2D eigenvalue weighted by molar-refractivity contribution is 0.0225. The molecule has 2 aliphatic rings. The van der Waals surface area contributed by atoms with Crippen LogP contribution in [0.2, 0.25) is 5.02 Å². The number of benzene rings is 5. The lowest BCUT2D eigenvalue weighted by Gasteiger charge is -2.36. The number of carbonyl (C=O) groups is 1. The zero-order chi connectivity index (χ0) is 28.1. The molecule has 7 heteroatoms. The van der Waals surface area contributed by atoms with Gasteiger partial charge in [0.05, 0.1) is 11.3 Å². The third-order valence-electron chi connectivity index (χ3n) is 7.55. The summed E-state index contributed by atoms with van der Waals surface area (Å²) in [6.45, 7) is 0. The monoisotopic (exact) mass is 559 g/mol. The number of ether oxygens (including phenoxy) is 2. The molecule has 41 heavy (non-hydrogen) atoms. The van der Waals surface area contributed by atoms with E-state index in [1.165, 1.54) is 0 Å². The maximum Gasteiger partial charge on any atom is 0.342 e. The van der Waals surface area contributed by atoms with E-state index in [1.807, 2.05) is 105 Å². The number of carbonyl (C=O) groups excluding carboxylic acids is 1. The second-order valence-electron chi connectivity index (χ2n) is 10.3. The zero-order valence-electron chi connectivity index (χ0n) is 22.4. The van der Waals surface area contributed by atoms with Crippen LogP contribution in [0.3, 0.4) is 0 Å². The largest absolute Gasteiger partial charge is 0.456 e. The van der Waals surface area contributed by atoms with Crippen molar-refractivity contribution < 1.29 is 14.3 Å². The number of fused-ring (bicyclic) bond motifs is 6. The Labute approximate surface area is 243 Å². The zero-order valence-corrected chi connectivity index (χ0v) is 23.2. The van der Waals surface area contributed by atoms with Crippen LogP contribution in [0.1, 0.15) is 27.0 Å². The summed E-state index contributed by atoms with van der Waals surface area (Å²) in [5.41, 5.74) is 5.79. The molecule has 5 aromatic carbocycles. The van der Waals surface area contributed by atoms with Crippen molar-refractivity contribution in [2.45, 2.75) is 5.60 Å². The van der Waals surface area contributed by atoms with Crippen molar-refractivity contribution in [3.63, 3.8) is 0 Å². The fourth-order valence-corrected chi connectivity index (χ4v) is 5.91. The van der Waals surface area contributed by atoms with Gasteiger partial charge in [0.1, 0.15) is 11.5 Å². The molecule has 0 saturated heterocycles. The third-order valence-corrected chi connectivity index (χ3v) is 7.86. The quantitative estimate of drug-likeness (QED) is 0.211. The van der Waals surface area contributed by atoms with Crippen molar-refractivity contribution in [1.29, 1.82) is 0 Å². The van der Waals surface area contributed by atoms with Crippen LogP contribution in [0.5, 0.6) is 11.5 Å². The standard InChI is InChI=1S/C34H26ClN3O3/c1-38(2)24-17-15-22(16-18-24)36-21-11-13-23(14-12-21)37-28-20-19-27(35)32-31(28)33(39)41-34(32)25-7-3-5-9-29(25)40-30-10-6-4-8-26(30)34/h3-20,36-37H,1-2H3. The molecule has 202 valence electrons. The number of nitrogens with zero attached hydrogens (tertiary/aromatic N) is 1. The molecule has 0 saturated carbocycles. The molecule has 0 radical (unpaired) electrons. The number of hydrogen-bond acceptors (Lipinski definition) is 6. The molecule has 0 unspecified atom stereocenters. The fourth-order valence-electron chi connectivity index (χ4n) is 5.62. The highest BCUT2D eigenvalue weighted by Gasteiger charge is 2.55. The molecule has 0 aromatic heterocycles.